The number of nitrogens with one attached hydrogen (secondary N) is 4. The number of hydrogen-bond acceptors (Lipinski definition) is 4. The van der Waals surface area contributed by atoms with Crippen LogP contribution in [0.25, 0.3) is 0 Å². The summed E-state index contributed by atoms with van der Waals surface area (Å²) in [5.74, 6) is 0.545. The Kier molecular flexibility index (Phi) is 8.44. The zero-order chi connectivity index (χ0) is 20.7. The lowest BCUT2D eigenvalue weighted by Crippen LogP contribution is -3.12. The molecule has 0 saturated carbocycles. The van der Waals surface area contributed by atoms with E-state index in [0.717, 1.165) is 32.6 Å². The Balaban J connectivity index is 2.09. The molecule has 2 rings (SSSR count). The Morgan fingerprint density at radius 2 is 2.00 bits per heavy atom. The average molecular weight is 432 g/mol. The number of anilines is 1. The normalized spacial score (nSPS) is 16.2. The van der Waals surface area contributed by atoms with Gasteiger partial charge >= 0.3 is 0 Å². The molecule has 1 fully saturated rings. The lowest BCUT2D eigenvalue weighted by Gasteiger charge is -2.29. The Labute approximate surface area is 173 Å². The van der Waals surface area contributed by atoms with Crippen LogP contribution in [-0.2, 0) is 10.0 Å². The molecule has 0 amide bonds. The molecule has 0 atom stereocenters. The number of sulfonamides is 1. The number of rotatable bonds is 8. The fourth-order valence-electron chi connectivity index (χ4n) is 3.01. The Bertz CT molecular complexity index is 762. The van der Waals surface area contributed by atoms with Gasteiger partial charge in [0.05, 0.1) is 71.6 Å². The Morgan fingerprint density at radius 3 is 2.61 bits per heavy atom. The summed E-state index contributed by atoms with van der Waals surface area (Å²) >= 11 is 5.35. The van der Waals surface area contributed by atoms with E-state index >= 15 is 0 Å². The monoisotopic (exact) mass is 431 g/mol. The Hall–Kier alpha value is -1.46. The first kappa shape index (κ1) is 22.8. The smallest absolute Gasteiger partial charge is 0.243 e. The van der Waals surface area contributed by atoms with Crippen LogP contribution in [-0.4, -0.2) is 85.4 Å². The predicted octanol–water partition coefficient (Wildman–Crippen LogP) is -1.96. The van der Waals surface area contributed by atoms with Crippen LogP contribution in [0.4, 0.5) is 5.69 Å². The van der Waals surface area contributed by atoms with E-state index in [-0.39, 0.29) is 4.90 Å². The van der Waals surface area contributed by atoms with Crippen LogP contribution in [0.5, 0.6) is 5.75 Å². The molecule has 0 bridgehead atoms. The maximum Gasteiger partial charge on any atom is 0.243 e. The summed E-state index contributed by atoms with van der Waals surface area (Å²) in [6.07, 6.45) is 0.987. The van der Waals surface area contributed by atoms with Crippen LogP contribution in [0.15, 0.2) is 23.1 Å². The van der Waals surface area contributed by atoms with Gasteiger partial charge in [0.2, 0.25) is 10.0 Å². The van der Waals surface area contributed by atoms with Gasteiger partial charge in [0.25, 0.3) is 0 Å². The van der Waals surface area contributed by atoms with Gasteiger partial charge in [0.1, 0.15) is 5.75 Å². The first-order valence-electron chi connectivity index (χ1n) is 9.57. The molecule has 28 heavy (non-hydrogen) atoms. The van der Waals surface area contributed by atoms with Crippen LogP contribution < -0.4 is 25.2 Å². The van der Waals surface area contributed by atoms with Gasteiger partial charge in [-0.15, -0.1) is 0 Å². The zero-order valence-corrected chi connectivity index (χ0v) is 18.8. The topological polar surface area (TPSA) is 79.5 Å². The fourth-order valence-corrected chi connectivity index (χ4v) is 4.69. The second-order valence-corrected chi connectivity index (χ2v) is 9.76. The van der Waals surface area contributed by atoms with Crippen molar-refractivity contribution in [1.82, 2.24) is 9.62 Å². The van der Waals surface area contributed by atoms with Crippen LogP contribution >= 0.6 is 12.2 Å². The maximum absolute atomic E-state index is 13.0. The molecule has 0 aromatic heterocycles. The molecule has 1 aromatic carbocycles. The zero-order valence-electron chi connectivity index (χ0n) is 17.2. The molecule has 0 spiro atoms. The van der Waals surface area contributed by atoms with E-state index in [1.165, 1.54) is 9.80 Å². The van der Waals surface area contributed by atoms with E-state index in [4.69, 9.17) is 17.0 Å². The third kappa shape index (κ3) is 6.28. The SMILES string of the molecule is COc1ccc(S(=O)(=O)N2CC[NH+](C)CC2)cc1NC(=S)NCCC[NH+](C)C. The number of quaternary nitrogens is 2. The molecule has 158 valence electrons. The third-order valence-corrected chi connectivity index (χ3v) is 6.91. The van der Waals surface area contributed by atoms with E-state index in [0.29, 0.717) is 29.6 Å². The number of methoxy groups -OCH3 is 1. The molecular formula is C18H33N5O3S2+2. The summed E-state index contributed by atoms with van der Waals surface area (Å²) in [5.41, 5.74) is 0.541. The molecule has 0 radical (unpaired) electrons. The molecule has 8 nitrogen and oxygen atoms in total. The van der Waals surface area contributed by atoms with Crippen molar-refractivity contribution in [2.45, 2.75) is 11.3 Å². The van der Waals surface area contributed by atoms with E-state index < -0.39 is 10.0 Å². The second-order valence-electron chi connectivity index (χ2n) is 7.41. The molecule has 0 aliphatic carbocycles. The maximum atomic E-state index is 13.0. The number of thiocarbonyl (C=S) groups is 1. The number of piperazine rings is 1. The number of likely N-dealkylation sites (N-methyl/N-ethyl adjacent to an activating group) is 1. The summed E-state index contributed by atoms with van der Waals surface area (Å²) < 4.78 is 32.9. The molecular weight excluding hydrogens is 398 g/mol. The van der Waals surface area contributed by atoms with Crippen molar-refractivity contribution >= 4 is 33.0 Å². The highest BCUT2D eigenvalue weighted by Crippen LogP contribution is 2.29. The van der Waals surface area contributed by atoms with E-state index in [2.05, 4.69) is 31.8 Å². The molecule has 0 unspecified atom stereocenters. The van der Waals surface area contributed by atoms with Crippen LogP contribution in [0.1, 0.15) is 6.42 Å². The van der Waals surface area contributed by atoms with Crippen molar-refractivity contribution < 1.29 is 23.0 Å². The van der Waals surface area contributed by atoms with Crippen LogP contribution in [0, 0.1) is 0 Å². The van der Waals surface area contributed by atoms with E-state index in [1.54, 1.807) is 29.6 Å². The van der Waals surface area contributed by atoms with Crippen molar-refractivity contribution in [2.24, 2.45) is 0 Å². The molecule has 10 heteroatoms. The van der Waals surface area contributed by atoms with Gasteiger partial charge in [-0.2, -0.15) is 4.31 Å². The van der Waals surface area contributed by atoms with Gasteiger partial charge in [-0.3, -0.25) is 0 Å². The van der Waals surface area contributed by atoms with Crippen molar-refractivity contribution in [3.63, 3.8) is 0 Å². The van der Waals surface area contributed by atoms with Gasteiger partial charge in [-0.05, 0) is 30.4 Å². The highest BCUT2D eigenvalue weighted by molar-refractivity contribution is 7.89. The Morgan fingerprint density at radius 1 is 1.32 bits per heavy atom. The molecule has 1 aliphatic rings. The largest absolute Gasteiger partial charge is 0.495 e. The fraction of sp³-hybridized carbons (Fsp3) is 0.611. The number of benzene rings is 1. The van der Waals surface area contributed by atoms with Gasteiger partial charge in [0, 0.05) is 13.0 Å². The van der Waals surface area contributed by atoms with Gasteiger partial charge in [0.15, 0.2) is 5.11 Å². The number of nitrogens with zero attached hydrogens (tertiary/aromatic N) is 1. The molecule has 1 saturated heterocycles. The van der Waals surface area contributed by atoms with E-state index in [1.807, 2.05) is 0 Å². The summed E-state index contributed by atoms with van der Waals surface area (Å²) in [6.45, 7) is 4.46. The van der Waals surface area contributed by atoms with Crippen LogP contribution in [0.3, 0.4) is 0 Å². The third-order valence-electron chi connectivity index (χ3n) is 4.77. The summed E-state index contributed by atoms with van der Waals surface area (Å²) in [6, 6.07) is 4.84. The lowest BCUT2D eigenvalue weighted by atomic mass is 10.3. The number of hydrogen-bond donors (Lipinski definition) is 4. The number of ether oxygens (including phenoxy) is 1. The van der Waals surface area contributed by atoms with Gasteiger partial charge in [-0.25, -0.2) is 8.42 Å². The molecule has 1 aromatic rings. The quantitative estimate of drug-likeness (QED) is 0.283. The van der Waals surface area contributed by atoms with E-state index in [9.17, 15) is 8.42 Å². The summed E-state index contributed by atoms with van der Waals surface area (Å²) in [4.78, 5) is 2.97. The highest BCUT2D eigenvalue weighted by atomic mass is 32.2. The standard InChI is InChI=1S/C18H31N5O3S2/c1-21(2)9-5-8-19-18(27)20-16-14-15(6-7-17(16)26-4)28(24,25)23-12-10-22(3)11-13-23/h6-7,14H,5,8-13H2,1-4H3,(H2,19,20,27)/p+2. The summed E-state index contributed by atoms with van der Waals surface area (Å²) in [5, 5.41) is 6.68. The van der Waals surface area contributed by atoms with Crippen molar-refractivity contribution in [3.05, 3.63) is 18.2 Å². The first-order valence-corrected chi connectivity index (χ1v) is 11.4. The van der Waals surface area contributed by atoms with Gasteiger partial charge < -0.3 is 25.2 Å². The highest BCUT2D eigenvalue weighted by Gasteiger charge is 2.29. The lowest BCUT2D eigenvalue weighted by molar-refractivity contribution is -0.883. The van der Waals surface area contributed by atoms with Crippen molar-refractivity contribution in [3.8, 4) is 5.75 Å². The summed E-state index contributed by atoms with van der Waals surface area (Å²) in [7, 11) is 4.30. The van der Waals surface area contributed by atoms with Crippen LogP contribution in [0.2, 0.25) is 0 Å². The van der Waals surface area contributed by atoms with Gasteiger partial charge in [-0.1, -0.05) is 0 Å². The van der Waals surface area contributed by atoms with Crippen molar-refractivity contribution in [2.75, 3.05) is 72.8 Å². The minimum Gasteiger partial charge on any atom is -0.495 e. The molecule has 1 aliphatic heterocycles. The second kappa shape index (κ2) is 10.4. The average Bonchev–Trinajstić information content (AvgIpc) is 2.65. The molecule has 4 N–H and O–H groups in total. The molecule has 1 heterocycles. The first-order chi connectivity index (χ1) is 13.2. The van der Waals surface area contributed by atoms with Crippen molar-refractivity contribution in [1.29, 1.82) is 0 Å². The minimum absolute atomic E-state index is 0.245. The predicted molar refractivity (Wildman–Crippen MR) is 115 cm³/mol. The minimum atomic E-state index is -3.54.